The van der Waals surface area contributed by atoms with Crippen LogP contribution in [0.25, 0.3) is 10.1 Å². The lowest BCUT2D eigenvalue weighted by atomic mass is 10.2. The summed E-state index contributed by atoms with van der Waals surface area (Å²) in [5, 5.41) is 6.62. The van der Waals surface area contributed by atoms with E-state index >= 15 is 0 Å². The van der Waals surface area contributed by atoms with Gasteiger partial charge in [0, 0.05) is 28.7 Å². The van der Waals surface area contributed by atoms with E-state index in [0.29, 0.717) is 0 Å². The molecule has 1 unspecified atom stereocenters. The largest absolute Gasteiger partial charge is 0.360 e. The molecule has 0 aliphatic carbocycles. The monoisotopic (exact) mass is 244 g/mol. The first-order chi connectivity index (χ1) is 8.34. The third-order valence-corrected chi connectivity index (χ3v) is 3.54. The van der Waals surface area contributed by atoms with Gasteiger partial charge in [0.1, 0.15) is 11.6 Å². The highest BCUT2D eigenvalue weighted by Crippen LogP contribution is 2.27. The maximum Gasteiger partial charge on any atom is 0.135 e. The fourth-order valence-corrected chi connectivity index (χ4v) is 2.58. The Balaban J connectivity index is 1.92. The summed E-state index contributed by atoms with van der Waals surface area (Å²) >= 11 is 1.72. The van der Waals surface area contributed by atoms with E-state index in [1.165, 1.54) is 4.70 Å². The molecule has 3 aromatic heterocycles. The van der Waals surface area contributed by atoms with E-state index in [4.69, 9.17) is 0 Å². The third-order valence-electron chi connectivity index (χ3n) is 2.66. The minimum absolute atomic E-state index is 0.114. The maximum atomic E-state index is 4.38. The lowest BCUT2D eigenvalue weighted by Crippen LogP contribution is -2.09. The average molecular weight is 244 g/mol. The van der Waals surface area contributed by atoms with Crippen LogP contribution in [0.5, 0.6) is 0 Å². The second-order valence-corrected chi connectivity index (χ2v) is 4.78. The molecule has 3 aromatic rings. The first-order valence-corrected chi connectivity index (χ1v) is 6.30. The van der Waals surface area contributed by atoms with Crippen molar-refractivity contribution in [2.75, 3.05) is 5.32 Å². The first-order valence-electron chi connectivity index (χ1n) is 5.42. The van der Waals surface area contributed by atoms with Crippen LogP contribution in [0.4, 0.5) is 5.82 Å². The molecular formula is C12H12N4S. The molecule has 0 spiro atoms. The van der Waals surface area contributed by atoms with Crippen LogP contribution in [-0.4, -0.2) is 15.0 Å². The number of nitrogens with one attached hydrogen (secondary N) is 2. The molecule has 0 radical (unpaired) electrons. The van der Waals surface area contributed by atoms with Crippen molar-refractivity contribution < 1.29 is 0 Å². The molecule has 4 nitrogen and oxygen atoms in total. The quantitative estimate of drug-likeness (QED) is 0.744. The smallest absolute Gasteiger partial charge is 0.135 e. The Morgan fingerprint density at radius 1 is 1.29 bits per heavy atom. The van der Waals surface area contributed by atoms with Crippen LogP contribution in [0.15, 0.2) is 36.1 Å². The van der Waals surface area contributed by atoms with E-state index in [2.05, 4.69) is 38.6 Å². The van der Waals surface area contributed by atoms with Crippen LogP contribution >= 0.6 is 11.3 Å². The molecule has 3 rings (SSSR count). The molecule has 0 aliphatic heterocycles. The molecule has 17 heavy (non-hydrogen) atoms. The number of nitrogens with zero attached hydrogens (tertiary/aromatic N) is 2. The van der Waals surface area contributed by atoms with Crippen LogP contribution < -0.4 is 5.32 Å². The Hall–Kier alpha value is -1.88. The van der Waals surface area contributed by atoms with Gasteiger partial charge >= 0.3 is 0 Å². The summed E-state index contributed by atoms with van der Waals surface area (Å²) in [4.78, 5) is 11.7. The van der Waals surface area contributed by atoms with E-state index in [1.54, 1.807) is 17.5 Å². The lowest BCUT2D eigenvalue weighted by Gasteiger charge is -2.12. The van der Waals surface area contributed by atoms with Crippen LogP contribution in [-0.2, 0) is 0 Å². The molecule has 2 N–H and O–H groups in total. The number of fused-ring (bicyclic) bond motifs is 1. The van der Waals surface area contributed by atoms with Crippen molar-refractivity contribution in [3.63, 3.8) is 0 Å². The summed E-state index contributed by atoms with van der Waals surface area (Å²) in [6.07, 6.45) is 5.41. The number of thiophene rings is 1. The van der Waals surface area contributed by atoms with Gasteiger partial charge in [-0.25, -0.2) is 9.97 Å². The highest BCUT2D eigenvalue weighted by atomic mass is 32.1. The normalized spacial score (nSPS) is 12.8. The number of anilines is 1. The minimum atomic E-state index is 0.114. The minimum Gasteiger partial charge on any atom is -0.360 e. The lowest BCUT2D eigenvalue weighted by molar-refractivity contribution is 0.806. The Bertz CT molecular complexity index is 614. The number of imidazole rings is 1. The summed E-state index contributed by atoms with van der Waals surface area (Å²) in [5.74, 6) is 1.83. The fraction of sp³-hybridized carbons (Fsp3) is 0.167. The zero-order valence-electron chi connectivity index (χ0n) is 9.34. The zero-order chi connectivity index (χ0) is 11.7. The van der Waals surface area contributed by atoms with E-state index in [1.807, 2.05) is 18.5 Å². The molecular weight excluding hydrogens is 232 g/mol. The van der Waals surface area contributed by atoms with Crippen molar-refractivity contribution in [2.45, 2.75) is 13.0 Å². The topological polar surface area (TPSA) is 53.6 Å². The summed E-state index contributed by atoms with van der Waals surface area (Å²) in [6, 6.07) is 4.23. The van der Waals surface area contributed by atoms with Gasteiger partial charge in [0.05, 0.1) is 6.04 Å². The molecule has 0 aromatic carbocycles. The highest BCUT2D eigenvalue weighted by Gasteiger charge is 2.10. The number of pyridine rings is 1. The standard InChI is InChI=1S/C12H12N4S/c1-8(11-14-5-6-15-11)16-12-9-3-7-17-10(9)2-4-13-12/h2-8H,1H3,(H,13,16)(H,14,15). The van der Waals surface area contributed by atoms with Gasteiger partial charge in [0.25, 0.3) is 0 Å². The summed E-state index contributed by atoms with van der Waals surface area (Å²) in [7, 11) is 0. The zero-order valence-corrected chi connectivity index (χ0v) is 10.2. The van der Waals surface area contributed by atoms with Crippen LogP contribution in [0, 0.1) is 0 Å². The Morgan fingerprint density at radius 2 is 2.24 bits per heavy atom. The SMILES string of the molecule is CC(Nc1nccc2sccc12)c1ncc[nH]1. The van der Waals surface area contributed by atoms with E-state index in [-0.39, 0.29) is 6.04 Å². The van der Waals surface area contributed by atoms with Crippen molar-refractivity contribution in [2.24, 2.45) is 0 Å². The van der Waals surface area contributed by atoms with E-state index in [0.717, 1.165) is 17.0 Å². The molecule has 86 valence electrons. The highest BCUT2D eigenvalue weighted by molar-refractivity contribution is 7.17. The van der Waals surface area contributed by atoms with Gasteiger partial charge in [-0.3, -0.25) is 0 Å². The molecule has 0 saturated heterocycles. The fourth-order valence-electron chi connectivity index (χ4n) is 1.80. The van der Waals surface area contributed by atoms with Crippen molar-refractivity contribution >= 4 is 27.2 Å². The van der Waals surface area contributed by atoms with Crippen LogP contribution in [0.3, 0.4) is 0 Å². The molecule has 0 bridgehead atoms. The number of hydrogen-bond donors (Lipinski definition) is 2. The number of rotatable bonds is 3. The molecule has 0 amide bonds. The van der Waals surface area contributed by atoms with Gasteiger partial charge in [0.2, 0.25) is 0 Å². The molecule has 0 saturated carbocycles. The van der Waals surface area contributed by atoms with Gasteiger partial charge in [-0.1, -0.05) is 0 Å². The summed E-state index contributed by atoms with van der Waals surface area (Å²) in [5.41, 5.74) is 0. The average Bonchev–Trinajstić information content (AvgIpc) is 3.00. The molecule has 1 atom stereocenters. The molecule has 5 heteroatoms. The number of H-pyrrole nitrogens is 1. The van der Waals surface area contributed by atoms with Crippen LogP contribution in [0.1, 0.15) is 18.8 Å². The summed E-state index contributed by atoms with van der Waals surface area (Å²) in [6.45, 7) is 2.06. The maximum absolute atomic E-state index is 4.38. The van der Waals surface area contributed by atoms with Gasteiger partial charge in [-0.05, 0) is 24.4 Å². The number of aromatic amines is 1. The molecule has 0 aliphatic rings. The second-order valence-electron chi connectivity index (χ2n) is 3.83. The third kappa shape index (κ3) is 1.89. The number of hydrogen-bond acceptors (Lipinski definition) is 4. The molecule has 3 heterocycles. The van der Waals surface area contributed by atoms with E-state index in [9.17, 15) is 0 Å². The number of aromatic nitrogens is 3. The van der Waals surface area contributed by atoms with Crippen molar-refractivity contribution in [1.82, 2.24) is 15.0 Å². The second kappa shape index (κ2) is 4.18. The van der Waals surface area contributed by atoms with Gasteiger partial charge < -0.3 is 10.3 Å². The van der Waals surface area contributed by atoms with Crippen LogP contribution in [0.2, 0.25) is 0 Å². The van der Waals surface area contributed by atoms with Crippen molar-refractivity contribution in [3.05, 3.63) is 41.9 Å². The van der Waals surface area contributed by atoms with Gasteiger partial charge in [-0.2, -0.15) is 0 Å². The predicted molar refractivity (Wildman–Crippen MR) is 70.2 cm³/mol. The Kier molecular flexibility index (Phi) is 2.53. The van der Waals surface area contributed by atoms with Gasteiger partial charge in [-0.15, -0.1) is 11.3 Å². The summed E-state index contributed by atoms with van der Waals surface area (Å²) < 4.78 is 1.24. The predicted octanol–water partition coefficient (Wildman–Crippen LogP) is 3.19. The van der Waals surface area contributed by atoms with Crippen molar-refractivity contribution in [1.29, 1.82) is 0 Å². The van der Waals surface area contributed by atoms with Gasteiger partial charge in [0.15, 0.2) is 0 Å². The van der Waals surface area contributed by atoms with E-state index < -0.39 is 0 Å². The van der Waals surface area contributed by atoms with Crippen molar-refractivity contribution in [3.8, 4) is 0 Å². The Labute approximate surface area is 103 Å². The first kappa shape index (κ1) is 10.3. The molecule has 0 fully saturated rings. The Morgan fingerprint density at radius 3 is 3.06 bits per heavy atom.